The largest absolute Gasteiger partial charge is 0.463 e. The van der Waals surface area contributed by atoms with Crippen LogP contribution in [0.4, 0.5) is 18.9 Å². The second-order valence-corrected chi connectivity index (χ2v) is 8.79. The summed E-state index contributed by atoms with van der Waals surface area (Å²) in [6, 6.07) is 4.73. The van der Waals surface area contributed by atoms with E-state index < -0.39 is 51.5 Å². The Hall–Kier alpha value is -3.96. The van der Waals surface area contributed by atoms with Crippen molar-refractivity contribution in [3.63, 3.8) is 0 Å². The number of halogens is 3. The maximum Gasteiger partial charge on any atom is 0.431 e. The smallest absolute Gasteiger partial charge is 0.431 e. The molecule has 0 bridgehead atoms. The summed E-state index contributed by atoms with van der Waals surface area (Å²) in [5, 5.41) is 13.5. The average molecular weight is 521 g/mol. The zero-order valence-corrected chi connectivity index (χ0v) is 20.6. The molecular formula is C25H26F3N3O6. The zero-order valence-electron chi connectivity index (χ0n) is 20.6. The van der Waals surface area contributed by atoms with Crippen LogP contribution in [0.15, 0.2) is 64.0 Å². The van der Waals surface area contributed by atoms with Gasteiger partial charge >= 0.3 is 18.1 Å². The van der Waals surface area contributed by atoms with E-state index in [0.717, 1.165) is 17.8 Å². The van der Waals surface area contributed by atoms with E-state index in [1.807, 2.05) is 26.0 Å². The number of hydrogen-bond donors (Lipinski definition) is 1. The van der Waals surface area contributed by atoms with E-state index in [0.29, 0.717) is 6.42 Å². The normalized spacial score (nSPS) is 21.5. The van der Waals surface area contributed by atoms with Crippen LogP contribution in [-0.2, 0) is 19.1 Å². The Morgan fingerprint density at radius 2 is 1.86 bits per heavy atom. The molecule has 1 N–H and O–H groups in total. The van der Waals surface area contributed by atoms with Gasteiger partial charge < -0.3 is 14.8 Å². The van der Waals surface area contributed by atoms with Gasteiger partial charge in [-0.25, -0.2) is 9.59 Å². The molecule has 12 heteroatoms. The number of nitro benzene ring substituents is 1. The molecule has 37 heavy (non-hydrogen) atoms. The van der Waals surface area contributed by atoms with Crippen LogP contribution in [0, 0.1) is 10.1 Å². The van der Waals surface area contributed by atoms with Gasteiger partial charge in [0.05, 0.1) is 40.7 Å². The summed E-state index contributed by atoms with van der Waals surface area (Å²) in [5.74, 6) is -3.92. The van der Waals surface area contributed by atoms with Gasteiger partial charge in [-0.3, -0.25) is 15.1 Å². The number of nitrogens with zero attached hydrogens (tertiary/aromatic N) is 2. The van der Waals surface area contributed by atoms with Crippen LogP contribution in [0.2, 0.25) is 0 Å². The summed E-state index contributed by atoms with van der Waals surface area (Å²) >= 11 is 0. The van der Waals surface area contributed by atoms with Gasteiger partial charge in [0, 0.05) is 30.0 Å². The van der Waals surface area contributed by atoms with Crippen LogP contribution in [0.25, 0.3) is 0 Å². The molecule has 3 rings (SSSR count). The summed E-state index contributed by atoms with van der Waals surface area (Å²) in [6.07, 6.45) is -1.03. The molecule has 2 unspecified atom stereocenters. The number of ether oxygens (including phenoxy) is 2. The number of dihydropyridines is 1. The first kappa shape index (κ1) is 27.6. The average Bonchev–Trinajstić information content (AvgIpc) is 3.16. The maximum atomic E-state index is 14.0. The van der Waals surface area contributed by atoms with E-state index in [4.69, 9.17) is 9.47 Å². The first-order valence-electron chi connectivity index (χ1n) is 11.4. The molecule has 2 atom stereocenters. The van der Waals surface area contributed by atoms with Gasteiger partial charge in [-0.15, -0.1) is 0 Å². The minimum atomic E-state index is -5.02. The van der Waals surface area contributed by atoms with Gasteiger partial charge in [0.15, 0.2) is 0 Å². The number of alkyl halides is 3. The lowest BCUT2D eigenvalue weighted by Crippen LogP contribution is -2.38. The summed E-state index contributed by atoms with van der Waals surface area (Å²) in [7, 11) is 0. The van der Waals surface area contributed by atoms with E-state index >= 15 is 0 Å². The minimum absolute atomic E-state index is 0.0716. The Morgan fingerprint density at radius 1 is 1.19 bits per heavy atom. The second kappa shape index (κ2) is 10.6. The molecule has 0 fully saturated rings. The van der Waals surface area contributed by atoms with Crippen molar-refractivity contribution < 1.29 is 37.2 Å². The van der Waals surface area contributed by atoms with E-state index in [-0.39, 0.29) is 30.0 Å². The number of rotatable bonds is 8. The predicted octanol–water partition coefficient (Wildman–Crippen LogP) is 4.66. The van der Waals surface area contributed by atoms with Crippen molar-refractivity contribution in [2.24, 2.45) is 4.99 Å². The maximum absolute atomic E-state index is 14.0. The van der Waals surface area contributed by atoms with Crippen molar-refractivity contribution >= 4 is 23.3 Å². The van der Waals surface area contributed by atoms with E-state index in [1.54, 1.807) is 0 Å². The summed E-state index contributed by atoms with van der Waals surface area (Å²) in [6.45, 7) is 5.97. The highest BCUT2D eigenvalue weighted by Gasteiger charge is 2.47. The van der Waals surface area contributed by atoms with Crippen LogP contribution >= 0.6 is 0 Å². The quantitative estimate of drug-likeness (QED) is 0.300. The number of nitro groups is 1. The molecule has 0 amide bonds. The summed E-state index contributed by atoms with van der Waals surface area (Å²) in [5.41, 5.74) is -3.09. The molecule has 0 saturated carbocycles. The lowest BCUT2D eigenvalue weighted by molar-refractivity contribution is -0.384. The van der Waals surface area contributed by atoms with Crippen LogP contribution in [0.5, 0.6) is 0 Å². The number of non-ortho nitro benzene ring substituents is 1. The number of aliphatic imine (C=N–C) groups is 1. The van der Waals surface area contributed by atoms with Crippen molar-refractivity contribution in [1.82, 2.24) is 5.32 Å². The molecule has 198 valence electrons. The second-order valence-electron chi connectivity index (χ2n) is 8.79. The molecule has 0 aliphatic carbocycles. The van der Waals surface area contributed by atoms with Crippen molar-refractivity contribution in [3.05, 3.63) is 74.6 Å². The first-order valence-corrected chi connectivity index (χ1v) is 11.4. The fourth-order valence-corrected chi connectivity index (χ4v) is 4.25. The molecule has 2 heterocycles. The Labute approximate surface area is 210 Å². The Bertz CT molecular complexity index is 1250. The molecule has 2 aliphatic heterocycles. The first-order chi connectivity index (χ1) is 17.3. The van der Waals surface area contributed by atoms with E-state index in [9.17, 15) is 32.9 Å². The van der Waals surface area contributed by atoms with Crippen molar-refractivity contribution in [3.8, 4) is 0 Å². The monoisotopic (exact) mass is 521 g/mol. The number of benzene rings is 1. The van der Waals surface area contributed by atoms with Gasteiger partial charge in [-0.05, 0) is 39.3 Å². The van der Waals surface area contributed by atoms with Crippen LogP contribution < -0.4 is 5.32 Å². The third-order valence-electron chi connectivity index (χ3n) is 5.93. The van der Waals surface area contributed by atoms with Crippen LogP contribution in [-0.4, -0.2) is 47.5 Å². The van der Waals surface area contributed by atoms with Gasteiger partial charge in [0.25, 0.3) is 5.69 Å². The molecule has 0 aromatic heterocycles. The van der Waals surface area contributed by atoms with Crippen LogP contribution in [0.3, 0.4) is 0 Å². The number of esters is 2. The highest BCUT2D eigenvalue weighted by molar-refractivity contribution is 6.00. The Kier molecular flexibility index (Phi) is 7.89. The molecule has 0 spiro atoms. The molecule has 1 aromatic rings. The highest BCUT2D eigenvalue weighted by atomic mass is 19.4. The van der Waals surface area contributed by atoms with E-state index in [2.05, 4.69) is 10.3 Å². The number of carbonyl (C=O) groups is 2. The van der Waals surface area contributed by atoms with Crippen molar-refractivity contribution in [1.29, 1.82) is 0 Å². The highest BCUT2D eigenvalue weighted by Crippen LogP contribution is 2.44. The molecule has 9 nitrogen and oxygen atoms in total. The molecule has 0 saturated heterocycles. The number of nitrogens with one attached hydrogen (secondary N) is 1. The Morgan fingerprint density at radius 3 is 2.43 bits per heavy atom. The fourth-order valence-electron chi connectivity index (χ4n) is 4.25. The Balaban J connectivity index is 2.07. The van der Waals surface area contributed by atoms with Crippen molar-refractivity contribution in [2.75, 3.05) is 13.2 Å². The van der Waals surface area contributed by atoms with Gasteiger partial charge in [0.1, 0.15) is 5.70 Å². The molecule has 1 aromatic carbocycles. The summed E-state index contributed by atoms with van der Waals surface area (Å²) < 4.78 is 52.5. The molecular weight excluding hydrogens is 495 g/mol. The summed E-state index contributed by atoms with van der Waals surface area (Å²) in [4.78, 5) is 41.2. The van der Waals surface area contributed by atoms with Gasteiger partial charge in [-0.1, -0.05) is 18.2 Å². The number of allylic oxidation sites excluding steroid dienone is 3. The standard InChI is InChI=1S/C25H26F3N3O6/c1-5-36-23(33)20-19(16-7-6-8-17(13-16)31(34)35)18(15(3)29-21(20)25(26,27)28)22(32)37-12-11-24(4)10-9-14(2)30-24/h6-10,13,19,29H,5,11-12H2,1-4H3. The molecule has 0 radical (unpaired) electrons. The van der Waals surface area contributed by atoms with E-state index in [1.165, 1.54) is 26.0 Å². The van der Waals surface area contributed by atoms with Gasteiger partial charge in [0.2, 0.25) is 0 Å². The predicted molar refractivity (Wildman–Crippen MR) is 128 cm³/mol. The molecule has 2 aliphatic rings. The fraction of sp³-hybridized carbons (Fsp3) is 0.400. The lowest BCUT2D eigenvalue weighted by Gasteiger charge is -2.32. The third kappa shape index (κ3) is 6.07. The zero-order chi connectivity index (χ0) is 27.5. The van der Waals surface area contributed by atoms with Gasteiger partial charge in [-0.2, -0.15) is 13.2 Å². The topological polar surface area (TPSA) is 120 Å². The third-order valence-corrected chi connectivity index (χ3v) is 5.93. The van der Waals surface area contributed by atoms with Crippen molar-refractivity contribution in [2.45, 2.75) is 51.7 Å². The van der Waals surface area contributed by atoms with Crippen LogP contribution in [0.1, 0.15) is 45.6 Å². The SMILES string of the molecule is CCOC(=O)C1=C(C(F)(F)F)NC(C)=C(C(=O)OCCC2(C)C=CC(C)=N2)C1c1cccc([N+](=O)[O-])c1. The lowest BCUT2D eigenvalue weighted by atomic mass is 9.80. The number of hydrogen-bond acceptors (Lipinski definition) is 8. The number of carbonyl (C=O) groups excluding carboxylic acids is 2. The minimum Gasteiger partial charge on any atom is -0.463 e.